The second kappa shape index (κ2) is 8.64. The number of carbonyl (C=O) groups is 1. The van der Waals surface area contributed by atoms with Crippen molar-refractivity contribution in [3.8, 4) is 0 Å². The molecule has 1 aliphatic rings. The van der Waals surface area contributed by atoms with Crippen LogP contribution in [0.3, 0.4) is 0 Å². The van der Waals surface area contributed by atoms with Gasteiger partial charge in [0.15, 0.2) is 0 Å². The van der Waals surface area contributed by atoms with Gasteiger partial charge in [0.25, 0.3) is 0 Å². The summed E-state index contributed by atoms with van der Waals surface area (Å²) in [5, 5.41) is 15.6. The molecular weight excluding hydrogens is 268 g/mol. The van der Waals surface area contributed by atoms with Gasteiger partial charge >= 0.3 is 6.03 Å². The average molecular weight is 292 g/mol. The van der Waals surface area contributed by atoms with Crippen LogP contribution in [0, 0.1) is 5.92 Å². The van der Waals surface area contributed by atoms with Crippen LogP contribution in [0.5, 0.6) is 0 Å². The highest BCUT2D eigenvalue weighted by molar-refractivity contribution is 5.73. The number of hydrogen-bond donors (Lipinski definition) is 3. The predicted octanol–water partition coefficient (Wildman–Crippen LogP) is 1.66. The number of carbonyl (C=O) groups excluding carboxylic acids is 1. The molecule has 0 bridgehead atoms. The summed E-state index contributed by atoms with van der Waals surface area (Å²) in [4.78, 5) is 11.7. The first-order valence-corrected chi connectivity index (χ1v) is 7.57. The maximum Gasteiger partial charge on any atom is 0.315 e. The maximum absolute atomic E-state index is 11.7. The van der Waals surface area contributed by atoms with Gasteiger partial charge in [-0.1, -0.05) is 30.3 Å². The first kappa shape index (κ1) is 15.8. The summed E-state index contributed by atoms with van der Waals surface area (Å²) in [6.45, 7) is 2.45. The lowest BCUT2D eigenvalue weighted by Gasteiger charge is -2.26. The van der Waals surface area contributed by atoms with Gasteiger partial charge < -0.3 is 20.5 Å². The molecule has 5 heteroatoms. The molecule has 1 atom stereocenters. The molecule has 3 N–H and O–H groups in total. The highest BCUT2D eigenvalue weighted by Crippen LogP contribution is 2.20. The first-order valence-electron chi connectivity index (χ1n) is 7.57. The Morgan fingerprint density at radius 3 is 2.67 bits per heavy atom. The SMILES string of the molecule is O=C(NCC[C@H](O)C1CCOCC1)NCc1ccccc1. The zero-order valence-corrected chi connectivity index (χ0v) is 12.3. The molecule has 1 aliphatic heterocycles. The third kappa shape index (κ3) is 5.73. The van der Waals surface area contributed by atoms with E-state index in [0.29, 0.717) is 25.4 Å². The third-order valence-electron chi connectivity index (χ3n) is 3.83. The van der Waals surface area contributed by atoms with Crippen molar-refractivity contribution in [2.75, 3.05) is 19.8 Å². The Bertz CT molecular complexity index is 419. The minimum absolute atomic E-state index is 0.196. The number of urea groups is 1. The van der Waals surface area contributed by atoms with Crippen molar-refractivity contribution in [1.82, 2.24) is 10.6 Å². The quantitative estimate of drug-likeness (QED) is 0.747. The summed E-state index contributed by atoms with van der Waals surface area (Å²) in [5.74, 6) is 0.299. The molecule has 1 heterocycles. The Balaban J connectivity index is 1.58. The van der Waals surface area contributed by atoms with Crippen LogP contribution in [-0.4, -0.2) is 37.0 Å². The van der Waals surface area contributed by atoms with Gasteiger partial charge in [0.2, 0.25) is 0 Å². The van der Waals surface area contributed by atoms with E-state index in [2.05, 4.69) is 10.6 Å². The van der Waals surface area contributed by atoms with Gasteiger partial charge in [0, 0.05) is 26.3 Å². The van der Waals surface area contributed by atoms with Gasteiger partial charge in [0.1, 0.15) is 0 Å². The number of nitrogens with one attached hydrogen (secondary N) is 2. The Morgan fingerprint density at radius 1 is 1.24 bits per heavy atom. The molecule has 1 aromatic rings. The van der Waals surface area contributed by atoms with E-state index in [9.17, 15) is 9.90 Å². The molecule has 0 spiro atoms. The fraction of sp³-hybridized carbons (Fsp3) is 0.562. The summed E-state index contributed by atoms with van der Waals surface area (Å²) in [5.41, 5.74) is 1.06. The van der Waals surface area contributed by atoms with E-state index in [0.717, 1.165) is 31.6 Å². The highest BCUT2D eigenvalue weighted by atomic mass is 16.5. The molecule has 21 heavy (non-hydrogen) atoms. The monoisotopic (exact) mass is 292 g/mol. The summed E-state index contributed by atoms with van der Waals surface area (Å²) in [6.07, 6.45) is 2.04. The van der Waals surface area contributed by atoms with Gasteiger partial charge in [-0.3, -0.25) is 0 Å². The minimum Gasteiger partial charge on any atom is -0.393 e. The van der Waals surface area contributed by atoms with Gasteiger partial charge in [-0.05, 0) is 30.7 Å². The van der Waals surface area contributed by atoms with E-state index in [1.807, 2.05) is 30.3 Å². The molecule has 116 valence electrons. The van der Waals surface area contributed by atoms with Crippen LogP contribution in [0.25, 0.3) is 0 Å². The van der Waals surface area contributed by atoms with E-state index in [1.54, 1.807) is 0 Å². The molecule has 1 saturated heterocycles. The Labute approximate surface area is 125 Å². The summed E-state index contributed by atoms with van der Waals surface area (Å²) >= 11 is 0. The number of benzene rings is 1. The molecule has 0 saturated carbocycles. The summed E-state index contributed by atoms with van der Waals surface area (Å²) in [7, 11) is 0. The van der Waals surface area contributed by atoms with Crippen molar-refractivity contribution in [3.05, 3.63) is 35.9 Å². The van der Waals surface area contributed by atoms with E-state index in [-0.39, 0.29) is 12.1 Å². The van der Waals surface area contributed by atoms with E-state index >= 15 is 0 Å². The molecule has 0 aromatic heterocycles. The smallest absolute Gasteiger partial charge is 0.315 e. The van der Waals surface area contributed by atoms with Crippen molar-refractivity contribution >= 4 is 6.03 Å². The molecule has 2 amide bonds. The van der Waals surface area contributed by atoms with Gasteiger partial charge in [0.05, 0.1) is 6.10 Å². The largest absolute Gasteiger partial charge is 0.393 e. The summed E-state index contributed by atoms with van der Waals surface area (Å²) < 4.78 is 5.28. The van der Waals surface area contributed by atoms with Crippen LogP contribution in [0.4, 0.5) is 4.79 Å². The lowest BCUT2D eigenvalue weighted by atomic mass is 9.92. The fourth-order valence-corrected chi connectivity index (χ4v) is 2.51. The molecule has 5 nitrogen and oxygen atoms in total. The topological polar surface area (TPSA) is 70.6 Å². The molecular formula is C16H24N2O3. The number of rotatable bonds is 6. The van der Waals surface area contributed by atoms with Gasteiger partial charge in [-0.25, -0.2) is 4.79 Å². The summed E-state index contributed by atoms with van der Waals surface area (Å²) in [6, 6.07) is 9.57. The number of ether oxygens (including phenoxy) is 1. The standard InChI is InChI=1S/C16H24N2O3/c19-15(14-7-10-21-11-8-14)6-9-17-16(20)18-12-13-4-2-1-3-5-13/h1-5,14-15,19H,6-12H2,(H2,17,18,20)/t15-/m0/s1. The fourth-order valence-electron chi connectivity index (χ4n) is 2.51. The zero-order chi connectivity index (χ0) is 14.9. The van der Waals surface area contributed by atoms with Crippen molar-refractivity contribution in [2.24, 2.45) is 5.92 Å². The second-order valence-electron chi connectivity index (χ2n) is 5.40. The van der Waals surface area contributed by atoms with E-state index < -0.39 is 0 Å². The normalized spacial score (nSPS) is 17.2. The van der Waals surface area contributed by atoms with Crippen LogP contribution in [0.1, 0.15) is 24.8 Å². The van der Waals surface area contributed by atoms with Crippen LogP contribution in [-0.2, 0) is 11.3 Å². The first-order chi connectivity index (χ1) is 10.3. The molecule has 0 radical (unpaired) electrons. The molecule has 2 rings (SSSR count). The maximum atomic E-state index is 11.7. The average Bonchev–Trinajstić information content (AvgIpc) is 2.54. The Kier molecular flexibility index (Phi) is 6.50. The predicted molar refractivity (Wildman–Crippen MR) is 80.8 cm³/mol. The number of amides is 2. The van der Waals surface area contributed by atoms with Crippen LogP contribution >= 0.6 is 0 Å². The van der Waals surface area contributed by atoms with Gasteiger partial charge in [-0.2, -0.15) is 0 Å². The lowest BCUT2D eigenvalue weighted by Crippen LogP contribution is -2.37. The highest BCUT2D eigenvalue weighted by Gasteiger charge is 2.21. The van der Waals surface area contributed by atoms with Crippen LogP contribution < -0.4 is 10.6 Å². The molecule has 0 unspecified atom stereocenters. The number of aliphatic hydroxyl groups excluding tert-OH is 1. The Hall–Kier alpha value is -1.59. The van der Waals surface area contributed by atoms with Crippen LogP contribution in [0.15, 0.2) is 30.3 Å². The number of aliphatic hydroxyl groups is 1. The van der Waals surface area contributed by atoms with E-state index in [1.165, 1.54) is 0 Å². The van der Waals surface area contributed by atoms with Crippen molar-refractivity contribution < 1.29 is 14.6 Å². The molecule has 1 aromatic carbocycles. The zero-order valence-electron chi connectivity index (χ0n) is 12.3. The van der Waals surface area contributed by atoms with Gasteiger partial charge in [-0.15, -0.1) is 0 Å². The molecule has 1 fully saturated rings. The van der Waals surface area contributed by atoms with E-state index in [4.69, 9.17) is 4.74 Å². The number of hydrogen-bond acceptors (Lipinski definition) is 3. The van der Waals surface area contributed by atoms with Crippen molar-refractivity contribution in [1.29, 1.82) is 0 Å². The lowest BCUT2D eigenvalue weighted by molar-refractivity contribution is 0.00545. The van der Waals surface area contributed by atoms with Crippen molar-refractivity contribution in [3.63, 3.8) is 0 Å². The molecule has 0 aliphatic carbocycles. The second-order valence-corrected chi connectivity index (χ2v) is 5.40. The third-order valence-corrected chi connectivity index (χ3v) is 3.83. The van der Waals surface area contributed by atoms with Crippen molar-refractivity contribution in [2.45, 2.75) is 31.9 Å². The minimum atomic E-state index is -0.358. The Morgan fingerprint density at radius 2 is 1.95 bits per heavy atom. The van der Waals surface area contributed by atoms with Crippen LogP contribution in [0.2, 0.25) is 0 Å².